The Balaban J connectivity index is 3.94. The van der Waals surface area contributed by atoms with Crippen molar-refractivity contribution in [3.05, 3.63) is 24.8 Å². The number of esters is 3. The Hall–Kier alpha value is -1.95. The Labute approximate surface area is 85.8 Å². The first-order chi connectivity index (χ1) is 7.10. The van der Waals surface area contributed by atoms with Gasteiger partial charge in [-0.05, 0) is 0 Å². The molecule has 0 aliphatic rings. The van der Waals surface area contributed by atoms with Crippen LogP contribution in [0.1, 0.15) is 0 Å². The van der Waals surface area contributed by atoms with Crippen molar-refractivity contribution in [1.29, 1.82) is 0 Å². The molecule has 0 fully saturated rings. The van der Waals surface area contributed by atoms with Gasteiger partial charge in [0.15, 0.2) is 0 Å². The minimum absolute atomic E-state index is 0.163. The van der Waals surface area contributed by atoms with Crippen molar-refractivity contribution in [1.82, 2.24) is 0 Å². The van der Waals surface area contributed by atoms with Crippen molar-refractivity contribution in [3.8, 4) is 0 Å². The molecule has 1 N–H and O–H groups in total. The third kappa shape index (κ3) is 7.15. The summed E-state index contributed by atoms with van der Waals surface area (Å²) >= 11 is 0. The molecule has 6 nitrogen and oxygen atoms in total. The highest BCUT2D eigenvalue weighted by Gasteiger charge is 2.03. The van der Waals surface area contributed by atoms with E-state index in [0.29, 0.717) is 0 Å². The van der Waals surface area contributed by atoms with Crippen LogP contribution in [0.3, 0.4) is 0 Å². The molecule has 0 saturated carbocycles. The monoisotopic (exact) mass is 214 g/mol. The molecule has 6 heteroatoms. The Morgan fingerprint density at radius 1 is 1.13 bits per heavy atom. The van der Waals surface area contributed by atoms with Gasteiger partial charge in [-0.3, -0.25) is 0 Å². The van der Waals surface area contributed by atoms with Gasteiger partial charge in [0.2, 0.25) is 0 Å². The van der Waals surface area contributed by atoms with E-state index in [9.17, 15) is 14.4 Å². The molecule has 0 aromatic carbocycles. The molecule has 0 aliphatic carbocycles. The summed E-state index contributed by atoms with van der Waals surface area (Å²) < 4.78 is 8.50. The van der Waals surface area contributed by atoms with Crippen molar-refractivity contribution in [2.75, 3.05) is 13.2 Å². The second-order valence-corrected chi connectivity index (χ2v) is 2.17. The van der Waals surface area contributed by atoms with Crippen LogP contribution in [-0.2, 0) is 23.9 Å². The summed E-state index contributed by atoms with van der Waals surface area (Å²) in [6.07, 6.45) is 2.34. The summed E-state index contributed by atoms with van der Waals surface area (Å²) in [5.74, 6) is -2.72. The molecule has 0 bridgehead atoms. The zero-order valence-electron chi connectivity index (χ0n) is 7.84. The lowest BCUT2D eigenvalue weighted by molar-refractivity contribution is -0.152. The van der Waals surface area contributed by atoms with Crippen LogP contribution in [0, 0.1) is 0 Å². The third-order valence-corrected chi connectivity index (χ3v) is 1.06. The van der Waals surface area contributed by atoms with E-state index in [4.69, 9.17) is 5.11 Å². The highest BCUT2D eigenvalue weighted by atomic mass is 16.6. The average molecular weight is 214 g/mol. The summed E-state index contributed by atoms with van der Waals surface area (Å²) in [7, 11) is 0. The number of aliphatic hydroxyl groups excluding tert-OH is 1. The fourth-order valence-corrected chi connectivity index (χ4v) is 0.505. The van der Waals surface area contributed by atoms with Crippen LogP contribution in [0.4, 0.5) is 0 Å². The van der Waals surface area contributed by atoms with Crippen molar-refractivity contribution < 1.29 is 29.0 Å². The first kappa shape index (κ1) is 13.1. The second-order valence-electron chi connectivity index (χ2n) is 2.17. The Morgan fingerprint density at radius 3 is 2.27 bits per heavy atom. The van der Waals surface area contributed by atoms with Crippen LogP contribution >= 0.6 is 0 Å². The molecule has 0 aromatic rings. The second kappa shape index (κ2) is 7.45. The topological polar surface area (TPSA) is 89.9 Å². The minimum Gasteiger partial charge on any atom is -0.460 e. The van der Waals surface area contributed by atoms with Gasteiger partial charge in [0.05, 0.1) is 6.61 Å². The first-order valence-electron chi connectivity index (χ1n) is 3.94. The van der Waals surface area contributed by atoms with E-state index < -0.39 is 17.9 Å². The summed E-state index contributed by atoms with van der Waals surface area (Å²) in [6.45, 7) is 2.61. The lowest BCUT2D eigenvalue weighted by Crippen LogP contribution is -2.09. The number of aliphatic hydroxyl groups is 1. The van der Waals surface area contributed by atoms with Crippen molar-refractivity contribution in [2.45, 2.75) is 0 Å². The zero-order valence-corrected chi connectivity index (χ0v) is 7.84. The molecule has 0 atom stereocenters. The van der Waals surface area contributed by atoms with E-state index in [1.54, 1.807) is 0 Å². The number of carbonyl (C=O) groups excluding carboxylic acids is 3. The molecule has 82 valence electrons. The third-order valence-electron chi connectivity index (χ3n) is 1.06. The summed E-state index contributed by atoms with van der Waals surface area (Å²) in [5, 5.41) is 8.29. The van der Waals surface area contributed by atoms with Crippen LogP contribution in [-0.4, -0.2) is 36.2 Å². The molecule has 0 radical (unpaired) electrons. The van der Waals surface area contributed by atoms with E-state index in [0.717, 1.165) is 18.2 Å². The highest BCUT2D eigenvalue weighted by Crippen LogP contribution is 1.86. The Morgan fingerprint density at radius 2 is 1.73 bits per heavy atom. The number of carbonyl (C=O) groups is 3. The van der Waals surface area contributed by atoms with Gasteiger partial charge < -0.3 is 14.6 Å². The zero-order chi connectivity index (χ0) is 11.7. The van der Waals surface area contributed by atoms with Gasteiger partial charge in [-0.15, -0.1) is 0 Å². The number of hydrogen-bond donors (Lipinski definition) is 1. The Kier molecular flexibility index (Phi) is 6.48. The lowest BCUT2D eigenvalue weighted by atomic mass is 10.5. The van der Waals surface area contributed by atoms with Gasteiger partial charge >= 0.3 is 17.9 Å². The minimum atomic E-state index is -0.999. The molecular formula is C9H10O6. The number of ether oxygens (including phenoxy) is 2. The van der Waals surface area contributed by atoms with Crippen molar-refractivity contribution in [2.24, 2.45) is 0 Å². The fourth-order valence-electron chi connectivity index (χ4n) is 0.505. The van der Waals surface area contributed by atoms with Gasteiger partial charge in [0, 0.05) is 18.2 Å². The summed E-state index contributed by atoms with van der Waals surface area (Å²) in [5.41, 5.74) is 0. The number of rotatable bonds is 5. The maximum absolute atomic E-state index is 10.8. The van der Waals surface area contributed by atoms with Gasteiger partial charge in [0.1, 0.15) is 6.61 Å². The van der Waals surface area contributed by atoms with Gasteiger partial charge in [-0.1, -0.05) is 6.58 Å². The van der Waals surface area contributed by atoms with E-state index in [1.165, 1.54) is 0 Å². The smallest absolute Gasteiger partial charge is 0.338 e. The van der Waals surface area contributed by atoms with Gasteiger partial charge in [0.25, 0.3) is 0 Å². The highest BCUT2D eigenvalue weighted by molar-refractivity contribution is 5.98. The van der Waals surface area contributed by atoms with Gasteiger partial charge in [-0.25, -0.2) is 14.4 Å². The molecular weight excluding hydrogens is 204 g/mol. The molecule has 0 unspecified atom stereocenters. The molecule has 0 spiro atoms. The predicted molar refractivity (Wildman–Crippen MR) is 48.5 cm³/mol. The molecule has 0 aliphatic heterocycles. The van der Waals surface area contributed by atoms with Crippen molar-refractivity contribution >= 4 is 17.9 Å². The molecule has 0 rings (SSSR count). The molecule has 0 saturated heterocycles. The normalized spacial score (nSPS) is 9.67. The quantitative estimate of drug-likeness (QED) is 0.371. The SMILES string of the molecule is C=CC(=O)OC(=O)/C=C\C(=O)OCCO. The molecule has 0 heterocycles. The van der Waals surface area contributed by atoms with E-state index >= 15 is 0 Å². The van der Waals surface area contributed by atoms with Crippen LogP contribution in [0.2, 0.25) is 0 Å². The average Bonchev–Trinajstić information content (AvgIpc) is 2.23. The van der Waals surface area contributed by atoms with Crippen molar-refractivity contribution in [3.63, 3.8) is 0 Å². The maximum Gasteiger partial charge on any atom is 0.338 e. The molecule has 15 heavy (non-hydrogen) atoms. The fraction of sp³-hybridized carbons (Fsp3) is 0.222. The van der Waals surface area contributed by atoms with E-state index in [2.05, 4.69) is 16.1 Å². The first-order valence-corrected chi connectivity index (χ1v) is 3.94. The largest absolute Gasteiger partial charge is 0.460 e. The van der Waals surface area contributed by atoms with Gasteiger partial charge in [-0.2, -0.15) is 0 Å². The standard InChI is InChI=1S/C9H10O6/c1-2-7(11)15-9(13)4-3-8(12)14-6-5-10/h2-4,10H,1,5-6H2/b4-3-. The Bertz CT molecular complexity index is 291. The van der Waals surface area contributed by atoms with Crippen LogP contribution < -0.4 is 0 Å². The predicted octanol–water partition coefficient (Wildman–Crippen LogP) is -0.666. The number of hydrogen-bond acceptors (Lipinski definition) is 6. The maximum atomic E-state index is 10.8. The van der Waals surface area contributed by atoms with E-state index in [-0.39, 0.29) is 13.2 Å². The van der Waals surface area contributed by atoms with Crippen LogP contribution in [0.25, 0.3) is 0 Å². The lowest BCUT2D eigenvalue weighted by Gasteiger charge is -1.96. The molecule has 0 amide bonds. The molecule has 0 aromatic heterocycles. The van der Waals surface area contributed by atoms with E-state index in [1.807, 2.05) is 0 Å². The van der Waals surface area contributed by atoms with Crippen LogP contribution in [0.5, 0.6) is 0 Å². The van der Waals surface area contributed by atoms with Crippen LogP contribution in [0.15, 0.2) is 24.8 Å². The summed E-state index contributed by atoms with van der Waals surface area (Å²) in [4.78, 5) is 32.0. The summed E-state index contributed by atoms with van der Waals surface area (Å²) in [6, 6.07) is 0.